The molecule has 98 heavy (non-hydrogen) atoms. The summed E-state index contributed by atoms with van der Waals surface area (Å²) in [5.41, 5.74) is 10.7. The van der Waals surface area contributed by atoms with Crippen LogP contribution in [-0.2, 0) is 81.0 Å². The van der Waals surface area contributed by atoms with Gasteiger partial charge in [0.25, 0.3) is 5.91 Å². The standard InChI is InChI=1S/C68H88FN11O17S/c1-39-31-40(2)60(41(3)32-39)67(95)72-30-13-11-19-49(61(70)89)75-55(81)20-8-7-12-29-71-62(90)50(25-27-57(83)84)77-65(93)53(35-43-37-73-48-18-10-9-17-47(43)48)79-64(92)52(34-42-15-14-16-45(69)33-42)76-56(82)38-74-63(91)51(26-28-58(85)86)78-66(94)54(36-59(87)88)80-98(96,97)46-23-21-44(22-24-46)68(4,5)6/h9-10,14-18,21-24,31-33,37,49-54,73,80H,7-8,11-13,19-20,25-30,34-36,38H2,1-6H3,(H2,70,89)(H,71,90)(H,72,95)(H,74,91)(H,75,81)(H,76,82)(H,77,93)(H,78,94)(H,79,92)(H,83,84)(H,85,86)(H,87,88)/t49-,50-,51-,52-,53-,54+/m0/s1. The van der Waals surface area contributed by atoms with Crippen molar-refractivity contribution in [3.8, 4) is 0 Å². The average molecular weight is 1380 g/mol. The lowest BCUT2D eigenvalue weighted by Crippen LogP contribution is -2.58. The number of fused-ring (bicyclic) bond motifs is 1. The molecule has 0 unspecified atom stereocenters. The molecular weight excluding hydrogens is 1290 g/mol. The number of amides is 9. The van der Waals surface area contributed by atoms with Crippen molar-refractivity contribution >= 4 is 92.0 Å². The van der Waals surface area contributed by atoms with Crippen LogP contribution in [0.5, 0.6) is 0 Å². The van der Waals surface area contributed by atoms with E-state index >= 15 is 0 Å². The molecule has 4 aromatic carbocycles. The molecule has 30 heteroatoms. The van der Waals surface area contributed by atoms with Gasteiger partial charge in [-0.15, -0.1) is 0 Å². The van der Waals surface area contributed by atoms with Gasteiger partial charge in [0.1, 0.15) is 42.1 Å². The Kier molecular flexibility index (Phi) is 30.0. The highest BCUT2D eigenvalue weighted by atomic mass is 32.2. The molecule has 0 spiro atoms. The van der Waals surface area contributed by atoms with E-state index in [1.54, 1.807) is 30.5 Å². The van der Waals surface area contributed by atoms with Crippen molar-refractivity contribution in [2.75, 3.05) is 19.6 Å². The van der Waals surface area contributed by atoms with E-state index in [0.717, 1.165) is 34.4 Å². The second-order valence-electron chi connectivity index (χ2n) is 25.0. The second kappa shape index (κ2) is 37.4. The van der Waals surface area contributed by atoms with E-state index in [1.807, 2.05) is 58.4 Å². The van der Waals surface area contributed by atoms with Gasteiger partial charge in [0.05, 0.1) is 17.9 Å². The summed E-state index contributed by atoms with van der Waals surface area (Å²) in [6.07, 6.45) is -0.359. The van der Waals surface area contributed by atoms with Crippen molar-refractivity contribution in [1.29, 1.82) is 0 Å². The average Bonchev–Trinajstić information content (AvgIpc) is 1.11. The molecular formula is C68H88FN11O17S. The van der Waals surface area contributed by atoms with Gasteiger partial charge in [-0.2, -0.15) is 4.72 Å². The summed E-state index contributed by atoms with van der Waals surface area (Å²) in [5, 5.41) is 49.7. The number of nitrogens with one attached hydrogen (secondary N) is 10. The number of hydrogen-bond acceptors (Lipinski definition) is 14. The number of benzene rings is 4. The summed E-state index contributed by atoms with van der Waals surface area (Å²) < 4.78 is 43.6. The number of aromatic amines is 1. The third-order valence-corrected chi connectivity index (χ3v) is 17.4. The van der Waals surface area contributed by atoms with Crippen LogP contribution in [-0.4, -0.2) is 156 Å². The van der Waals surface area contributed by atoms with Crippen LogP contribution in [0.1, 0.15) is 142 Å². The molecule has 5 aromatic rings. The number of rotatable bonds is 40. The topological polar surface area (TPSA) is 450 Å². The molecule has 6 atom stereocenters. The first kappa shape index (κ1) is 78.6. The van der Waals surface area contributed by atoms with Crippen molar-refractivity contribution in [3.05, 3.63) is 136 Å². The van der Waals surface area contributed by atoms with Gasteiger partial charge in [-0.3, -0.25) is 57.5 Å². The van der Waals surface area contributed by atoms with Crippen LogP contribution in [0.2, 0.25) is 0 Å². The number of hydrogen-bond donors (Lipinski definition) is 14. The predicted molar refractivity (Wildman–Crippen MR) is 358 cm³/mol. The zero-order valence-corrected chi connectivity index (χ0v) is 56.4. The number of aliphatic carboxylic acids is 3. The summed E-state index contributed by atoms with van der Waals surface area (Å²) in [6.45, 7) is 10.7. The number of aryl methyl sites for hydroxylation is 3. The second-order valence-corrected chi connectivity index (χ2v) is 26.7. The first-order chi connectivity index (χ1) is 46.2. The molecule has 15 N–H and O–H groups in total. The maximum atomic E-state index is 14.7. The van der Waals surface area contributed by atoms with Gasteiger partial charge in [0.15, 0.2) is 0 Å². The number of carbonyl (C=O) groups is 12. The molecule has 0 saturated heterocycles. The number of aromatic nitrogens is 1. The van der Waals surface area contributed by atoms with Crippen LogP contribution >= 0.6 is 0 Å². The third kappa shape index (κ3) is 25.8. The third-order valence-electron chi connectivity index (χ3n) is 15.9. The molecule has 1 aromatic heterocycles. The van der Waals surface area contributed by atoms with Crippen molar-refractivity contribution in [3.63, 3.8) is 0 Å². The van der Waals surface area contributed by atoms with E-state index in [0.29, 0.717) is 60.7 Å². The van der Waals surface area contributed by atoms with Gasteiger partial charge in [-0.05, 0) is 129 Å². The summed E-state index contributed by atoms with van der Waals surface area (Å²) in [5.74, 6) is -12.9. The lowest BCUT2D eigenvalue weighted by Gasteiger charge is -2.26. The minimum absolute atomic E-state index is 0.0101. The maximum Gasteiger partial charge on any atom is 0.305 e. The normalized spacial score (nSPS) is 13.3. The molecule has 530 valence electrons. The monoisotopic (exact) mass is 1380 g/mol. The summed E-state index contributed by atoms with van der Waals surface area (Å²) in [6, 6.07) is 11.8. The smallest absolute Gasteiger partial charge is 0.305 e. The van der Waals surface area contributed by atoms with Crippen molar-refractivity contribution in [2.24, 2.45) is 5.73 Å². The molecule has 0 saturated carbocycles. The quantitative estimate of drug-likeness (QED) is 0.0250. The number of halogens is 1. The molecule has 0 aliphatic carbocycles. The first-order valence-corrected chi connectivity index (χ1v) is 33.5. The highest BCUT2D eigenvalue weighted by Gasteiger charge is 2.34. The highest BCUT2D eigenvalue weighted by Crippen LogP contribution is 2.25. The Morgan fingerprint density at radius 3 is 1.70 bits per heavy atom. The number of nitrogens with two attached hydrogens (primary N) is 1. The number of para-hydroxylation sites is 1. The fourth-order valence-electron chi connectivity index (χ4n) is 10.8. The van der Waals surface area contributed by atoms with E-state index in [4.69, 9.17) is 5.73 Å². The molecule has 0 radical (unpaired) electrons. The van der Waals surface area contributed by atoms with Gasteiger partial charge in [0, 0.05) is 67.9 Å². The van der Waals surface area contributed by atoms with E-state index in [1.165, 1.54) is 36.4 Å². The Hall–Kier alpha value is -10.1. The number of carbonyl (C=O) groups excluding carboxylic acids is 9. The number of carboxylic acid groups (broad SMARTS) is 3. The minimum Gasteiger partial charge on any atom is -0.481 e. The number of sulfonamides is 1. The van der Waals surface area contributed by atoms with Crippen LogP contribution < -0.4 is 53.0 Å². The Labute approximate surface area is 566 Å². The summed E-state index contributed by atoms with van der Waals surface area (Å²) in [4.78, 5) is 160. The maximum absolute atomic E-state index is 14.7. The molecule has 0 aliphatic heterocycles. The lowest BCUT2D eigenvalue weighted by atomic mass is 9.87. The Balaban J connectivity index is 1.24. The largest absolute Gasteiger partial charge is 0.481 e. The highest BCUT2D eigenvalue weighted by molar-refractivity contribution is 7.89. The van der Waals surface area contributed by atoms with E-state index in [9.17, 15) is 85.7 Å². The number of H-pyrrole nitrogens is 1. The molecule has 0 fully saturated rings. The van der Waals surface area contributed by atoms with Crippen LogP contribution in [0.25, 0.3) is 10.9 Å². The number of unbranched alkanes of at least 4 members (excludes halogenated alkanes) is 3. The van der Waals surface area contributed by atoms with Gasteiger partial charge in [0.2, 0.25) is 57.3 Å². The first-order valence-electron chi connectivity index (χ1n) is 32.0. The molecule has 1 heterocycles. The number of primary amides is 1. The fraction of sp³-hybridized carbons (Fsp3) is 0.441. The van der Waals surface area contributed by atoms with Crippen LogP contribution in [0.3, 0.4) is 0 Å². The Morgan fingerprint density at radius 2 is 1.11 bits per heavy atom. The minimum atomic E-state index is -4.59. The SMILES string of the molecule is Cc1cc(C)c(C(=O)NCCCC[C@H](NC(=O)CCCCCNC(=O)[C@H](CCC(=O)O)NC(=O)[C@H](Cc2c[nH]c3ccccc23)NC(=O)[C@H](Cc2cccc(F)c2)NC(=O)CNC(=O)[C@H](CCC(=O)O)NC(=O)[C@@H](CC(=O)O)NS(=O)(=O)c2ccc(C(C)(C)C)cc2)C(N)=O)c(C)c1. The van der Waals surface area contributed by atoms with Crippen LogP contribution in [0.4, 0.5) is 4.39 Å². The molecule has 5 rings (SSSR count). The lowest BCUT2D eigenvalue weighted by molar-refractivity contribution is -0.140. The fourth-order valence-corrected chi connectivity index (χ4v) is 12.0. The Morgan fingerprint density at radius 1 is 0.551 bits per heavy atom. The van der Waals surface area contributed by atoms with Gasteiger partial charge >= 0.3 is 17.9 Å². The number of carboxylic acids is 3. The summed E-state index contributed by atoms with van der Waals surface area (Å²) in [7, 11) is -4.59. The van der Waals surface area contributed by atoms with Crippen LogP contribution in [0.15, 0.2) is 96.0 Å². The van der Waals surface area contributed by atoms with Crippen LogP contribution in [0, 0.1) is 26.6 Å². The molecule has 9 amide bonds. The predicted octanol–water partition coefficient (Wildman–Crippen LogP) is 3.17. The summed E-state index contributed by atoms with van der Waals surface area (Å²) >= 11 is 0. The van der Waals surface area contributed by atoms with E-state index < -0.39 is 162 Å². The van der Waals surface area contributed by atoms with Crippen molar-refractivity contribution in [1.82, 2.24) is 52.2 Å². The van der Waals surface area contributed by atoms with E-state index in [2.05, 4.69) is 47.5 Å². The molecule has 28 nitrogen and oxygen atoms in total. The van der Waals surface area contributed by atoms with Crippen molar-refractivity contribution in [2.45, 2.75) is 178 Å². The van der Waals surface area contributed by atoms with Gasteiger partial charge in [-0.25, -0.2) is 12.8 Å². The molecule has 0 aliphatic rings. The molecule has 0 bridgehead atoms. The Bertz CT molecular complexity index is 3800. The van der Waals surface area contributed by atoms with Gasteiger partial charge < -0.3 is 68.6 Å². The van der Waals surface area contributed by atoms with Gasteiger partial charge in [-0.1, -0.05) is 87.4 Å². The van der Waals surface area contributed by atoms with E-state index in [-0.39, 0.29) is 47.6 Å². The zero-order chi connectivity index (χ0) is 72.4. The zero-order valence-electron chi connectivity index (χ0n) is 55.6. The van der Waals surface area contributed by atoms with Crippen molar-refractivity contribution < 1.29 is 85.7 Å².